The van der Waals surface area contributed by atoms with Crippen LogP contribution in [0.15, 0.2) is 48.5 Å². The van der Waals surface area contributed by atoms with Crippen LogP contribution in [0.3, 0.4) is 0 Å². The van der Waals surface area contributed by atoms with E-state index in [0.717, 1.165) is 44.7 Å². The molecule has 1 saturated heterocycles. The normalized spacial score (nSPS) is 22.1. The minimum atomic E-state index is -5.08. The second kappa shape index (κ2) is 10.7. The van der Waals surface area contributed by atoms with E-state index < -0.39 is 12.1 Å². The van der Waals surface area contributed by atoms with Crippen molar-refractivity contribution in [1.29, 1.82) is 0 Å². The Balaban J connectivity index is 0.000000429. The maximum Gasteiger partial charge on any atom is 0.490 e. The highest BCUT2D eigenvalue weighted by atomic mass is 19.4. The summed E-state index contributed by atoms with van der Waals surface area (Å²) in [6.07, 6.45) is -3.03. The van der Waals surface area contributed by atoms with E-state index in [-0.39, 0.29) is 11.4 Å². The summed E-state index contributed by atoms with van der Waals surface area (Å²) in [6.45, 7) is 6.34. The molecule has 190 valence electrons. The Kier molecular flexibility index (Phi) is 8.07. The van der Waals surface area contributed by atoms with Crippen molar-refractivity contribution in [3.8, 4) is 0 Å². The second-order valence-electron chi connectivity index (χ2n) is 9.06. The zero-order valence-electron chi connectivity index (χ0n) is 19.8. The standard InChI is InChI=1S/C23H30N4O.C2HF3O2/c1-3-23(24)16-21(23)17-4-8-19(9-5-17)25-22(28)18-6-10-20(11-7-18)27-14-12-26(2)13-15-27;3-2(4,5)1(6)7/h4-11,21H,3,12-16,24H2,1-2H3,(H,25,28);(H,6,7). The number of piperazine rings is 1. The third-order valence-electron chi connectivity index (χ3n) is 6.59. The highest BCUT2D eigenvalue weighted by molar-refractivity contribution is 6.04. The molecule has 1 amide bonds. The minimum absolute atomic E-state index is 0.0315. The van der Waals surface area contributed by atoms with Gasteiger partial charge in [0.15, 0.2) is 0 Å². The first-order valence-corrected chi connectivity index (χ1v) is 11.5. The highest BCUT2D eigenvalue weighted by Gasteiger charge is 2.49. The van der Waals surface area contributed by atoms with E-state index in [2.05, 4.69) is 41.2 Å². The Morgan fingerprint density at radius 2 is 1.60 bits per heavy atom. The van der Waals surface area contributed by atoms with Gasteiger partial charge in [-0.2, -0.15) is 13.2 Å². The van der Waals surface area contributed by atoms with E-state index in [1.807, 2.05) is 36.4 Å². The maximum atomic E-state index is 12.6. The average molecular weight is 493 g/mol. The molecule has 2 unspecified atom stereocenters. The molecule has 0 spiro atoms. The SMILES string of the molecule is CCC1(N)CC1c1ccc(NC(=O)c2ccc(N3CCN(C)CC3)cc2)cc1.O=C(O)C(F)(F)F. The van der Waals surface area contributed by atoms with Gasteiger partial charge in [0, 0.05) is 54.6 Å². The summed E-state index contributed by atoms with van der Waals surface area (Å²) in [7, 11) is 2.15. The number of carboxylic acids is 1. The first-order valence-electron chi connectivity index (χ1n) is 11.5. The highest BCUT2D eigenvalue weighted by Crippen LogP contribution is 2.51. The summed E-state index contributed by atoms with van der Waals surface area (Å²) in [4.78, 5) is 26.2. The van der Waals surface area contributed by atoms with Crippen LogP contribution >= 0.6 is 0 Å². The van der Waals surface area contributed by atoms with E-state index in [1.165, 1.54) is 11.3 Å². The molecule has 1 saturated carbocycles. The molecule has 2 aliphatic rings. The largest absolute Gasteiger partial charge is 0.490 e. The van der Waals surface area contributed by atoms with Crippen molar-refractivity contribution in [2.24, 2.45) is 5.73 Å². The molecular formula is C25H31F3N4O3. The van der Waals surface area contributed by atoms with Gasteiger partial charge >= 0.3 is 12.1 Å². The number of hydrogen-bond donors (Lipinski definition) is 3. The molecule has 35 heavy (non-hydrogen) atoms. The third kappa shape index (κ3) is 6.95. The van der Waals surface area contributed by atoms with Crippen molar-refractivity contribution in [3.05, 3.63) is 59.7 Å². The predicted molar refractivity (Wildman–Crippen MR) is 129 cm³/mol. The number of likely N-dealkylation sites (N-methyl/N-ethyl adjacent to an activating group) is 1. The molecule has 2 fully saturated rings. The van der Waals surface area contributed by atoms with E-state index in [9.17, 15) is 18.0 Å². The number of carbonyl (C=O) groups is 2. The smallest absolute Gasteiger partial charge is 0.475 e. The number of amides is 1. The van der Waals surface area contributed by atoms with Gasteiger partial charge in [0.2, 0.25) is 0 Å². The van der Waals surface area contributed by atoms with E-state index in [4.69, 9.17) is 15.6 Å². The molecule has 10 heteroatoms. The predicted octanol–water partition coefficient (Wildman–Crippen LogP) is 3.92. The summed E-state index contributed by atoms with van der Waals surface area (Å²) in [5, 5.41) is 10.1. The summed E-state index contributed by atoms with van der Waals surface area (Å²) in [6, 6.07) is 16.0. The minimum Gasteiger partial charge on any atom is -0.475 e. The van der Waals surface area contributed by atoms with Gasteiger partial charge in [-0.3, -0.25) is 4.79 Å². The lowest BCUT2D eigenvalue weighted by atomic mass is 10.0. The Hall–Kier alpha value is -3.11. The maximum absolute atomic E-state index is 12.6. The lowest BCUT2D eigenvalue weighted by molar-refractivity contribution is -0.192. The van der Waals surface area contributed by atoms with Gasteiger partial charge in [0.25, 0.3) is 5.91 Å². The Labute approximate surface area is 202 Å². The second-order valence-corrected chi connectivity index (χ2v) is 9.06. The monoisotopic (exact) mass is 492 g/mol. The fourth-order valence-electron chi connectivity index (χ4n) is 4.05. The molecular weight excluding hydrogens is 461 g/mol. The molecule has 2 aromatic rings. The molecule has 1 aliphatic heterocycles. The Bertz CT molecular complexity index is 1020. The lowest BCUT2D eigenvalue weighted by Crippen LogP contribution is -2.44. The third-order valence-corrected chi connectivity index (χ3v) is 6.59. The van der Waals surface area contributed by atoms with Crippen LogP contribution < -0.4 is 16.0 Å². The molecule has 1 heterocycles. The van der Waals surface area contributed by atoms with Gasteiger partial charge in [-0.15, -0.1) is 0 Å². The number of carboxylic acid groups (broad SMARTS) is 1. The van der Waals surface area contributed by atoms with Crippen molar-refractivity contribution < 1.29 is 27.9 Å². The van der Waals surface area contributed by atoms with Gasteiger partial charge in [-0.25, -0.2) is 4.79 Å². The molecule has 0 bridgehead atoms. The number of alkyl halides is 3. The quantitative estimate of drug-likeness (QED) is 0.585. The van der Waals surface area contributed by atoms with Gasteiger partial charge < -0.3 is 26.0 Å². The fraction of sp³-hybridized carbons (Fsp3) is 0.440. The van der Waals surface area contributed by atoms with Crippen LogP contribution in [0.4, 0.5) is 24.5 Å². The number of rotatable bonds is 5. The molecule has 4 N–H and O–H groups in total. The van der Waals surface area contributed by atoms with Crippen molar-refractivity contribution in [1.82, 2.24) is 4.90 Å². The zero-order chi connectivity index (χ0) is 25.8. The van der Waals surface area contributed by atoms with Gasteiger partial charge in [-0.05, 0) is 61.9 Å². The van der Waals surface area contributed by atoms with Crippen molar-refractivity contribution in [2.75, 3.05) is 43.4 Å². The van der Waals surface area contributed by atoms with Gasteiger partial charge in [0.05, 0.1) is 0 Å². The summed E-state index contributed by atoms with van der Waals surface area (Å²) < 4.78 is 31.7. The van der Waals surface area contributed by atoms with E-state index in [0.29, 0.717) is 11.5 Å². The van der Waals surface area contributed by atoms with Crippen LogP contribution in [-0.4, -0.2) is 66.8 Å². The van der Waals surface area contributed by atoms with Crippen LogP contribution in [0.25, 0.3) is 0 Å². The number of carbonyl (C=O) groups excluding carboxylic acids is 1. The van der Waals surface area contributed by atoms with Crippen LogP contribution in [-0.2, 0) is 4.79 Å². The van der Waals surface area contributed by atoms with Crippen LogP contribution in [0, 0.1) is 0 Å². The zero-order valence-corrected chi connectivity index (χ0v) is 19.8. The van der Waals surface area contributed by atoms with Crippen molar-refractivity contribution in [3.63, 3.8) is 0 Å². The summed E-state index contributed by atoms with van der Waals surface area (Å²) in [5.41, 5.74) is 10.2. The topological polar surface area (TPSA) is 98.9 Å². The molecule has 7 nitrogen and oxygen atoms in total. The molecule has 2 aromatic carbocycles. The number of aliphatic carboxylic acids is 1. The first kappa shape index (κ1) is 26.5. The summed E-state index contributed by atoms with van der Waals surface area (Å²) in [5.74, 6) is -2.39. The number of nitrogens with zero attached hydrogens (tertiary/aromatic N) is 2. The number of nitrogens with two attached hydrogens (primary N) is 1. The van der Waals surface area contributed by atoms with E-state index in [1.54, 1.807) is 0 Å². The van der Waals surface area contributed by atoms with Gasteiger partial charge in [0.1, 0.15) is 0 Å². The number of hydrogen-bond acceptors (Lipinski definition) is 5. The van der Waals surface area contributed by atoms with Crippen LogP contribution in [0.5, 0.6) is 0 Å². The number of benzene rings is 2. The molecule has 4 rings (SSSR count). The fourth-order valence-corrected chi connectivity index (χ4v) is 4.05. The molecule has 2 atom stereocenters. The Morgan fingerprint density at radius 1 is 1.06 bits per heavy atom. The van der Waals surface area contributed by atoms with Crippen LogP contribution in [0.2, 0.25) is 0 Å². The average Bonchev–Trinajstić information content (AvgIpc) is 3.52. The summed E-state index contributed by atoms with van der Waals surface area (Å²) >= 11 is 0. The first-order chi connectivity index (χ1) is 16.4. The molecule has 0 aromatic heterocycles. The van der Waals surface area contributed by atoms with Crippen LogP contribution in [0.1, 0.15) is 41.6 Å². The van der Waals surface area contributed by atoms with Gasteiger partial charge in [-0.1, -0.05) is 19.1 Å². The Morgan fingerprint density at radius 3 is 2.06 bits per heavy atom. The number of anilines is 2. The van der Waals surface area contributed by atoms with E-state index >= 15 is 0 Å². The lowest BCUT2D eigenvalue weighted by Gasteiger charge is -2.34. The van der Waals surface area contributed by atoms with Crippen molar-refractivity contribution in [2.45, 2.75) is 37.4 Å². The molecule has 0 radical (unpaired) electrons. The number of halogens is 3. The van der Waals surface area contributed by atoms with Crippen molar-refractivity contribution >= 4 is 23.3 Å². The number of nitrogens with one attached hydrogen (secondary N) is 1. The molecule has 1 aliphatic carbocycles.